The molecule has 1 fully saturated rings. The number of nitro benzene ring substituents is 1. The van der Waals surface area contributed by atoms with E-state index in [9.17, 15) is 18.5 Å². The molecule has 1 saturated heterocycles. The first-order chi connectivity index (χ1) is 9.90. The van der Waals surface area contributed by atoms with Crippen LogP contribution in [0.5, 0.6) is 0 Å². The van der Waals surface area contributed by atoms with Gasteiger partial charge in [-0.25, -0.2) is 13.1 Å². The van der Waals surface area contributed by atoms with Crippen LogP contribution in [-0.2, 0) is 10.0 Å². The van der Waals surface area contributed by atoms with Gasteiger partial charge in [0.1, 0.15) is 4.90 Å². The van der Waals surface area contributed by atoms with Crippen molar-refractivity contribution in [1.82, 2.24) is 9.62 Å². The molecule has 0 bridgehead atoms. The van der Waals surface area contributed by atoms with Gasteiger partial charge in [-0.2, -0.15) is 0 Å². The lowest BCUT2D eigenvalue weighted by atomic mass is 10.3. The topological polar surface area (TPSA) is 92.5 Å². The third-order valence-corrected chi connectivity index (χ3v) is 5.28. The Labute approximate surface area is 128 Å². The number of hydrogen-bond donors (Lipinski definition) is 1. The molecule has 0 aliphatic carbocycles. The van der Waals surface area contributed by atoms with Crippen LogP contribution in [0.15, 0.2) is 23.1 Å². The average molecular weight is 334 g/mol. The van der Waals surface area contributed by atoms with Crippen molar-refractivity contribution in [3.05, 3.63) is 33.3 Å². The number of rotatable bonds is 6. The van der Waals surface area contributed by atoms with Crippen LogP contribution in [0, 0.1) is 10.1 Å². The number of benzene rings is 1. The van der Waals surface area contributed by atoms with E-state index in [0.717, 1.165) is 32.0 Å². The average Bonchev–Trinajstić information content (AvgIpc) is 2.91. The summed E-state index contributed by atoms with van der Waals surface area (Å²) in [5.74, 6) is 0. The van der Waals surface area contributed by atoms with E-state index in [-0.39, 0.29) is 22.2 Å². The molecule has 0 spiro atoms. The van der Waals surface area contributed by atoms with E-state index in [2.05, 4.69) is 9.62 Å². The number of sulfonamides is 1. The fourth-order valence-electron chi connectivity index (χ4n) is 2.23. The quantitative estimate of drug-likeness (QED) is 0.631. The molecule has 0 saturated carbocycles. The van der Waals surface area contributed by atoms with E-state index in [0.29, 0.717) is 6.54 Å². The minimum atomic E-state index is -3.85. The van der Waals surface area contributed by atoms with Gasteiger partial charge in [-0.3, -0.25) is 10.1 Å². The Balaban J connectivity index is 2.07. The van der Waals surface area contributed by atoms with E-state index in [4.69, 9.17) is 11.6 Å². The maximum absolute atomic E-state index is 12.2. The molecular formula is C12H16ClN3O4S. The zero-order valence-electron chi connectivity index (χ0n) is 11.3. The maximum atomic E-state index is 12.2. The predicted octanol–water partition coefficient (Wildman–Crippen LogP) is 1.62. The minimum Gasteiger partial charge on any atom is -0.302 e. The lowest BCUT2D eigenvalue weighted by Crippen LogP contribution is -2.33. The van der Waals surface area contributed by atoms with Crippen LogP contribution in [0.25, 0.3) is 0 Å². The molecule has 1 aliphatic heterocycles. The number of likely N-dealkylation sites (tertiary alicyclic amines) is 1. The molecule has 9 heteroatoms. The first kappa shape index (κ1) is 16.2. The molecule has 1 aromatic carbocycles. The number of non-ortho nitro benzene ring substituents is 1. The summed E-state index contributed by atoms with van der Waals surface area (Å²) >= 11 is 5.84. The Morgan fingerprint density at radius 2 is 2.00 bits per heavy atom. The van der Waals surface area contributed by atoms with Crippen LogP contribution in [0.3, 0.4) is 0 Å². The zero-order chi connectivity index (χ0) is 15.5. The van der Waals surface area contributed by atoms with Crippen LogP contribution in [-0.4, -0.2) is 44.4 Å². The fourth-order valence-corrected chi connectivity index (χ4v) is 3.77. The van der Waals surface area contributed by atoms with Crippen molar-refractivity contribution in [3.8, 4) is 0 Å². The van der Waals surface area contributed by atoms with E-state index >= 15 is 0 Å². The zero-order valence-corrected chi connectivity index (χ0v) is 12.9. The summed E-state index contributed by atoms with van der Waals surface area (Å²) in [6.45, 7) is 2.81. The number of nitrogens with zero attached hydrogens (tertiary/aromatic N) is 2. The Morgan fingerprint density at radius 3 is 2.62 bits per heavy atom. The Morgan fingerprint density at radius 1 is 1.33 bits per heavy atom. The van der Waals surface area contributed by atoms with Crippen LogP contribution in [0.4, 0.5) is 5.69 Å². The van der Waals surface area contributed by atoms with Gasteiger partial charge >= 0.3 is 0 Å². The molecule has 0 atom stereocenters. The second-order valence-electron chi connectivity index (χ2n) is 4.82. The fraction of sp³-hybridized carbons (Fsp3) is 0.500. The molecule has 0 aromatic heterocycles. The molecule has 2 rings (SSSR count). The lowest BCUT2D eigenvalue weighted by molar-refractivity contribution is -0.385. The van der Waals surface area contributed by atoms with Crippen LogP contribution in [0.1, 0.15) is 12.8 Å². The lowest BCUT2D eigenvalue weighted by Gasteiger charge is -2.15. The Hall–Kier alpha value is -1.22. The maximum Gasteiger partial charge on any atom is 0.270 e. The summed E-state index contributed by atoms with van der Waals surface area (Å²) in [6, 6.07) is 3.36. The van der Waals surface area contributed by atoms with Gasteiger partial charge < -0.3 is 4.90 Å². The monoisotopic (exact) mass is 333 g/mol. The van der Waals surface area contributed by atoms with Crippen molar-refractivity contribution < 1.29 is 13.3 Å². The summed E-state index contributed by atoms with van der Waals surface area (Å²) in [7, 11) is -3.85. The highest BCUT2D eigenvalue weighted by Gasteiger charge is 2.21. The molecule has 0 amide bonds. The number of nitro groups is 1. The van der Waals surface area contributed by atoms with E-state index in [1.54, 1.807) is 0 Å². The molecule has 1 N–H and O–H groups in total. The van der Waals surface area contributed by atoms with Gasteiger partial charge in [0.2, 0.25) is 10.0 Å². The van der Waals surface area contributed by atoms with Crippen LogP contribution in [0.2, 0.25) is 5.02 Å². The molecule has 7 nitrogen and oxygen atoms in total. The van der Waals surface area contributed by atoms with Gasteiger partial charge in [0.25, 0.3) is 5.69 Å². The van der Waals surface area contributed by atoms with Crippen molar-refractivity contribution in [1.29, 1.82) is 0 Å². The molecule has 1 aromatic rings. The summed E-state index contributed by atoms with van der Waals surface area (Å²) in [5, 5.41) is 10.7. The summed E-state index contributed by atoms with van der Waals surface area (Å²) in [5.41, 5.74) is -0.306. The highest BCUT2D eigenvalue weighted by atomic mass is 35.5. The highest BCUT2D eigenvalue weighted by Crippen LogP contribution is 2.25. The number of nitrogens with one attached hydrogen (secondary N) is 1. The molecule has 21 heavy (non-hydrogen) atoms. The van der Waals surface area contributed by atoms with Gasteiger partial charge in [0.15, 0.2) is 0 Å². The normalized spacial score (nSPS) is 16.2. The second kappa shape index (κ2) is 6.69. The molecular weight excluding hydrogens is 318 g/mol. The largest absolute Gasteiger partial charge is 0.302 e. The second-order valence-corrected chi connectivity index (χ2v) is 6.96. The van der Waals surface area contributed by atoms with Gasteiger partial charge in [0.05, 0.1) is 9.95 Å². The first-order valence-electron chi connectivity index (χ1n) is 6.56. The van der Waals surface area contributed by atoms with E-state index < -0.39 is 14.9 Å². The van der Waals surface area contributed by atoms with Crippen molar-refractivity contribution in [3.63, 3.8) is 0 Å². The van der Waals surface area contributed by atoms with Gasteiger partial charge in [-0.1, -0.05) is 11.6 Å². The Kier molecular flexibility index (Phi) is 5.15. The number of hydrogen-bond acceptors (Lipinski definition) is 5. The van der Waals surface area contributed by atoms with Gasteiger partial charge in [-0.15, -0.1) is 0 Å². The molecule has 1 aliphatic rings. The molecule has 1 heterocycles. The third-order valence-electron chi connectivity index (χ3n) is 3.33. The van der Waals surface area contributed by atoms with Crippen LogP contribution < -0.4 is 4.72 Å². The number of halogens is 1. The van der Waals surface area contributed by atoms with E-state index in [1.807, 2.05) is 0 Å². The smallest absolute Gasteiger partial charge is 0.270 e. The van der Waals surface area contributed by atoms with Crippen molar-refractivity contribution in [2.45, 2.75) is 17.7 Å². The summed E-state index contributed by atoms with van der Waals surface area (Å²) in [4.78, 5) is 12.0. The molecule has 116 valence electrons. The molecule has 0 radical (unpaired) electrons. The van der Waals surface area contributed by atoms with Crippen molar-refractivity contribution >= 4 is 27.3 Å². The SMILES string of the molecule is O=[N+]([O-])c1ccc(Cl)c(S(=O)(=O)NCCN2CCCC2)c1. The first-order valence-corrected chi connectivity index (χ1v) is 8.42. The van der Waals surface area contributed by atoms with Crippen molar-refractivity contribution in [2.24, 2.45) is 0 Å². The van der Waals surface area contributed by atoms with Crippen LogP contribution >= 0.6 is 11.6 Å². The van der Waals surface area contributed by atoms with Gasteiger partial charge in [0, 0.05) is 25.2 Å². The molecule has 0 unspecified atom stereocenters. The Bertz CT molecular complexity index is 629. The van der Waals surface area contributed by atoms with E-state index in [1.165, 1.54) is 12.1 Å². The van der Waals surface area contributed by atoms with Crippen molar-refractivity contribution in [2.75, 3.05) is 26.2 Å². The summed E-state index contributed by atoms with van der Waals surface area (Å²) in [6.07, 6.45) is 2.26. The highest BCUT2D eigenvalue weighted by molar-refractivity contribution is 7.89. The predicted molar refractivity (Wildman–Crippen MR) is 79.0 cm³/mol. The summed E-state index contributed by atoms with van der Waals surface area (Å²) < 4.78 is 26.8. The van der Waals surface area contributed by atoms with Gasteiger partial charge in [-0.05, 0) is 32.0 Å². The third kappa shape index (κ3) is 4.13. The standard InChI is InChI=1S/C12H16ClN3O4S/c13-11-4-3-10(16(17)18)9-12(11)21(19,20)14-5-8-15-6-1-2-7-15/h3-4,9,14H,1-2,5-8H2. The minimum absolute atomic E-state index is 0.0331.